The number of nitrogens with zero attached hydrogens (tertiary/aromatic N) is 1. The van der Waals surface area contributed by atoms with Gasteiger partial charge in [0.2, 0.25) is 0 Å². The van der Waals surface area contributed by atoms with Crippen LogP contribution in [0.5, 0.6) is 0 Å². The molecule has 27 heavy (non-hydrogen) atoms. The second kappa shape index (κ2) is 10.0. The lowest BCUT2D eigenvalue weighted by molar-refractivity contribution is 0.0396. The minimum atomic E-state index is -1.57. The molecule has 1 saturated carbocycles. The van der Waals surface area contributed by atoms with Crippen LogP contribution >= 0.6 is 0 Å². The minimum absolute atomic E-state index is 0.0253. The lowest BCUT2D eigenvalue weighted by Crippen LogP contribution is -2.36. The van der Waals surface area contributed by atoms with Gasteiger partial charge in [0, 0.05) is 12.1 Å². The van der Waals surface area contributed by atoms with E-state index < -0.39 is 14.1 Å². The van der Waals surface area contributed by atoms with Crippen molar-refractivity contribution in [2.75, 3.05) is 0 Å². The number of amides is 2. The maximum Gasteiger partial charge on any atom is 0.332 e. The van der Waals surface area contributed by atoms with E-state index in [1.54, 1.807) is 0 Å². The van der Waals surface area contributed by atoms with Gasteiger partial charge >= 0.3 is 6.03 Å². The topological polar surface area (TPSA) is 76.7 Å². The van der Waals surface area contributed by atoms with Crippen LogP contribution in [-0.4, -0.2) is 25.9 Å². The number of carbonyl (C=O) groups excluding carboxylic acids is 1. The van der Waals surface area contributed by atoms with Gasteiger partial charge in [-0.05, 0) is 31.2 Å². The van der Waals surface area contributed by atoms with E-state index in [9.17, 15) is 4.79 Å². The van der Waals surface area contributed by atoms with Gasteiger partial charge in [-0.2, -0.15) is 5.10 Å². The molecule has 1 aromatic rings. The van der Waals surface area contributed by atoms with E-state index in [0.717, 1.165) is 25.0 Å². The molecule has 2 amide bonds. The largest absolute Gasteiger partial charge is 0.374 e. The zero-order chi connectivity index (χ0) is 19.9. The number of hydrogen-bond donors (Lipinski definition) is 2. The molecular weight excluding hydrogens is 354 g/mol. The van der Waals surface area contributed by atoms with Gasteiger partial charge in [0.1, 0.15) is 0 Å². The van der Waals surface area contributed by atoms with Crippen LogP contribution in [0, 0.1) is 5.92 Å². The molecule has 3 N–H and O–H groups in total. The highest BCUT2D eigenvalue weighted by Gasteiger charge is 2.31. The molecule has 0 heterocycles. The molecule has 1 fully saturated rings. The Morgan fingerprint density at radius 3 is 2.41 bits per heavy atom. The molecule has 0 bridgehead atoms. The number of ether oxygens (including phenoxy) is 1. The van der Waals surface area contributed by atoms with E-state index in [1.807, 2.05) is 6.07 Å². The Bertz CT molecular complexity index is 622. The summed E-state index contributed by atoms with van der Waals surface area (Å²) in [6, 6.07) is 9.88. The number of primary amides is 1. The summed E-state index contributed by atoms with van der Waals surface area (Å²) in [7, 11) is -1.57. The monoisotopic (exact) mass is 389 g/mol. The highest BCUT2D eigenvalue weighted by Crippen LogP contribution is 2.32. The average molecular weight is 390 g/mol. The molecule has 5 nitrogen and oxygen atoms in total. The Balaban J connectivity index is 2.11. The molecule has 6 heteroatoms. The summed E-state index contributed by atoms with van der Waals surface area (Å²) in [5.41, 5.74) is 10.1. The fourth-order valence-electron chi connectivity index (χ4n) is 3.85. The van der Waals surface area contributed by atoms with Crippen molar-refractivity contribution in [2.24, 2.45) is 16.8 Å². The predicted molar refractivity (Wildman–Crippen MR) is 114 cm³/mol. The van der Waals surface area contributed by atoms with Crippen LogP contribution in [0.2, 0.25) is 19.6 Å². The Kier molecular flexibility index (Phi) is 8.04. The van der Waals surface area contributed by atoms with E-state index in [0.29, 0.717) is 5.92 Å². The summed E-state index contributed by atoms with van der Waals surface area (Å²) in [6.07, 6.45) is 6.72. The van der Waals surface area contributed by atoms with Crippen molar-refractivity contribution in [2.45, 2.75) is 76.9 Å². The summed E-state index contributed by atoms with van der Waals surface area (Å²) < 4.78 is 6.57. The standard InChI is InChI=1S/C21H35N3O2Si/c1-16(26-20(27(2,3)4)18-13-9-6-10-14-18)15-19(23-24-21(22)25)17-11-7-5-8-12-17/h6,9-10,13-14,16-17,20H,5,7-8,11-12,15H2,1-4H3,(H3,22,24,25)/b23-19-/t16-,20+/m1/s1. The first-order chi connectivity index (χ1) is 12.8. The van der Waals surface area contributed by atoms with Crippen molar-refractivity contribution in [3.05, 3.63) is 35.9 Å². The maximum atomic E-state index is 11.1. The second-order valence-electron chi connectivity index (χ2n) is 8.72. The third kappa shape index (κ3) is 7.11. The highest BCUT2D eigenvalue weighted by molar-refractivity contribution is 6.77. The van der Waals surface area contributed by atoms with Gasteiger partial charge in [-0.25, -0.2) is 10.2 Å². The first-order valence-corrected chi connectivity index (χ1v) is 13.7. The maximum absolute atomic E-state index is 11.1. The summed E-state index contributed by atoms with van der Waals surface area (Å²) >= 11 is 0. The fourth-order valence-corrected chi connectivity index (χ4v) is 5.68. The minimum Gasteiger partial charge on any atom is -0.374 e. The van der Waals surface area contributed by atoms with E-state index in [4.69, 9.17) is 10.5 Å². The second-order valence-corrected chi connectivity index (χ2v) is 14.0. The van der Waals surface area contributed by atoms with Gasteiger partial charge in [0.25, 0.3) is 0 Å². The Labute approximate surface area is 164 Å². The van der Waals surface area contributed by atoms with Crippen LogP contribution in [0.1, 0.15) is 56.7 Å². The zero-order valence-electron chi connectivity index (χ0n) is 17.2. The van der Waals surface area contributed by atoms with E-state index >= 15 is 0 Å². The number of rotatable bonds is 8. The van der Waals surface area contributed by atoms with Crippen molar-refractivity contribution < 1.29 is 9.53 Å². The molecule has 0 radical (unpaired) electrons. The number of urea groups is 1. The predicted octanol–water partition coefficient (Wildman–Crippen LogP) is 5.00. The zero-order valence-corrected chi connectivity index (χ0v) is 18.2. The number of hydrazone groups is 1. The Hall–Kier alpha value is -1.66. The third-order valence-electron chi connectivity index (χ3n) is 5.14. The molecule has 0 saturated heterocycles. The molecule has 0 spiro atoms. The number of nitrogens with two attached hydrogens (primary N) is 1. The normalized spacial score (nSPS) is 18.7. The summed E-state index contributed by atoms with van der Waals surface area (Å²) in [4.78, 5) is 11.1. The van der Waals surface area contributed by atoms with Gasteiger partial charge in [-0.15, -0.1) is 0 Å². The van der Waals surface area contributed by atoms with Gasteiger partial charge in [-0.1, -0.05) is 69.2 Å². The van der Waals surface area contributed by atoms with E-state index in [1.165, 1.54) is 24.8 Å². The van der Waals surface area contributed by atoms with Gasteiger partial charge < -0.3 is 10.5 Å². The lowest BCUT2D eigenvalue weighted by Gasteiger charge is -2.33. The van der Waals surface area contributed by atoms with Gasteiger partial charge in [-0.3, -0.25) is 0 Å². The number of nitrogens with one attached hydrogen (secondary N) is 1. The highest BCUT2D eigenvalue weighted by atomic mass is 28.3. The van der Waals surface area contributed by atoms with Crippen molar-refractivity contribution >= 4 is 19.8 Å². The van der Waals surface area contributed by atoms with Crippen LogP contribution in [-0.2, 0) is 4.74 Å². The molecule has 1 aliphatic rings. The lowest BCUT2D eigenvalue weighted by atomic mass is 9.84. The van der Waals surface area contributed by atoms with Crippen LogP contribution < -0.4 is 11.2 Å². The fraction of sp³-hybridized carbons (Fsp3) is 0.619. The molecule has 1 aliphatic carbocycles. The van der Waals surface area contributed by atoms with Crippen molar-refractivity contribution in [1.82, 2.24) is 5.43 Å². The van der Waals surface area contributed by atoms with Gasteiger partial charge in [0.05, 0.1) is 19.9 Å². The molecular formula is C21H35N3O2Si. The molecule has 0 unspecified atom stereocenters. The van der Waals surface area contributed by atoms with E-state index in [2.05, 4.69) is 61.4 Å². The number of carbonyl (C=O) groups is 1. The van der Waals surface area contributed by atoms with Crippen LogP contribution in [0.15, 0.2) is 35.4 Å². The molecule has 150 valence electrons. The van der Waals surface area contributed by atoms with Crippen LogP contribution in [0.4, 0.5) is 4.79 Å². The van der Waals surface area contributed by atoms with Gasteiger partial charge in [0.15, 0.2) is 0 Å². The summed E-state index contributed by atoms with van der Waals surface area (Å²) in [5, 5.41) is 4.35. The summed E-state index contributed by atoms with van der Waals surface area (Å²) in [6.45, 7) is 9.12. The SMILES string of the molecule is C[C@H](C/C(=N/NC(N)=O)C1CCCCC1)O[C@H](c1ccccc1)[Si](C)(C)C. The van der Waals surface area contributed by atoms with Crippen molar-refractivity contribution in [3.63, 3.8) is 0 Å². The van der Waals surface area contributed by atoms with Crippen molar-refractivity contribution in [1.29, 1.82) is 0 Å². The first-order valence-electron chi connectivity index (χ1n) is 10.1. The molecule has 2 rings (SSSR count). The number of hydrogen-bond acceptors (Lipinski definition) is 3. The molecule has 0 aliphatic heterocycles. The smallest absolute Gasteiger partial charge is 0.332 e. The van der Waals surface area contributed by atoms with Crippen LogP contribution in [0.3, 0.4) is 0 Å². The quantitative estimate of drug-likeness (QED) is 0.373. The first kappa shape index (κ1) is 21.6. The Morgan fingerprint density at radius 2 is 1.85 bits per heavy atom. The Morgan fingerprint density at radius 1 is 1.22 bits per heavy atom. The van der Waals surface area contributed by atoms with Crippen molar-refractivity contribution in [3.8, 4) is 0 Å². The van der Waals surface area contributed by atoms with Crippen LogP contribution in [0.25, 0.3) is 0 Å². The average Bonchev–Trinajstić information content (AvgIpc) is 2.63. The number of benzene rings is 1. The third-order valence-corrected chi connectivity index (χ3v) is 7.18. The molecule has 0 aromatic heterocycles. The molecule has 1 aromatic carbocycles. The molecule has 2 atom stereocenters. The van der Waals surface area contributed by atoms with E-state index in [-0.39, 0.29) is 11.8 Å². The summed E-state index contributed by atoms with van der Waals surface area (Å²) in [5.74, 6) is 0.415.